The van der Waals surface area contributed by atoms with Crippen molar-refractivity contribution in [3.8, 4) is 0 Å². The second kappa shape index (κ2) is 12.3. The molecule has 2 aromatic rings. The standard InChI is InChI=1S/C28H33ClN4O5S/c1-4-14-32-24(19-31-15-16-33(20(3)18-31)39(36,37)23-12-7-6-8-13-23)25(27(34)38-5-2)26(30-28(32)35)21-10-9-11-22(29)17-21/h4,6-13,17,20,26H,1,5,14-16,18-19H2,2-3H3,(H,30,35). The summed E-state index contributed by atoms with van der Waals surface area (Å²) in [6.45, 7) is 9.06. The molecule has 0 spiro atoms. The van der Waals surface area contributed by atoms with Crippen molar-refractivity contribution in [1.82, 2.24) is 19.4 Å². The van der Waals surface area contributed by atoms with Crippen molar-refractivity contribution >= 4 is 33.6 Å². The van der Waals surface area contributed by atoms with E-state index >= 15 is 0 Å². The van der Waals surface area contributed by atoms with Crippen LogP contribution in [0.5, 0.6) is 0 Å². The molecule has 39 heavy (non-hydrogen) atoms. The fourth-order valence-corrected chi connectivity index (χ4v) is 6.87. The van der Waals surface area contributed by atoms with E-state index in [1.165, 1.54) is 9.21 Å². The highest BCUT2D eigenvalue weighted by Crippen LogP contribution is 2.33. The number of nitrogens with one attached hydrogen (secondary N) is 1. The maximum Gasteiger partial charge on any atom is 0.338 e. The molecule has 0 bridgehead atoms. The topological polar surface area (TPSA) is 99.3 Å². The molecule has 2 aliphatic rings. The highest BCUT2D eigenvalue weighted by atomic mass is 35.5. The molecule has 0 radical (unpaired) electrons. The van der Waals surface area contributed by atoms with Gasteiger partial charge in [-0.1, -0.05) is 48.0 Å². The number of carbonyl (C=O) groups is 2. The molecule has 2 aromatic carbocycles. The van der Waals surface area contributed by atoms with Crippen molar-refractivity contribution in [2.24, 2.45) is 0 Å². The first-order chi connectivity index (χ1) is 18.7. The molecule has 0 saturated carbocycles. The van der Waals surface area contributed by atoms with Gasteiger partial charge in [0.15, 0.2) is 0 Å². The number of piperazine rings is 1. The average molecular weight is 573 g/mol. The van der Waals surface area contributed by atoms with Crippen LogP contribution in [0.3, 0.4) is 0 Å². The molecule has 2 heterocycles. The molecule has 4 rings (SSSR count). The smallest absolute Gasteiger partial charge is 0.338 e. The van der Waals surface area contributed by atoms with Gasteiger partial charge < -0.3 is 10.1 Å². The van der Waals surface area contributed by atoms with Gasteiger partial charge in [-0.25, -0.2) is 18.0 Å². The molecule has 2 aliphatic heterocycles. The number of amides is 2. The molecule has 11 heteroatoms. The van der Waals surface area contributed by atoms with Crippen LogP contribution in [0.4, 0.5) is 4.79 Å². The zero-order chi connectivity index (χ0) is 28.2. The highest BCUT2D eigenvalue weighted by molar-refractivity contribution is 7.89. The Hall–Kier alpha value is -3.18. The van der Waals surface area contributed by atoms with E-state index in [0.717, 1.165) is 0 Å². The monoisotopic (exact) mass is 572 g/mol. The molecule has 1 fully saturated rings. The zero-order valence-electron chi connectivity index (χ0n) is 22.0. The summed E-state index contributed by atoms with van der Waals surface area (Å²) >= 11 is 6.24. The molecular weight excluding hydrogens is 540 g/mol. The fourth-order valence-electron chi connectivity index (χ4n) is 5.04. The molecule has 1 saturated heterocycles. The summed E-state index contributed by atoms with van der Waals surface area (Å²) in [4.78, 5) is 30.4. The van der Waals surface area contributed by atoms with E-state index in [9.17, 15) is 18.0 Å². The number of sulfonamides is 1. The number of urea groups is 1. The quantitative estimate of drug-likeness (QED) is 0.362. The number of carbonyl (C=O) groups excluding carboxylic acids is 2. The Balaban J connectivity index is 1.68. The second-order valence-electron chi connectivity index (χ2n) is 9.43. The Kier molecular flexibility index (Phi) is 9.12. The third-order valence-electron chi connectivity index (χ3n) is 6.80. The molecule has 9 nitrogen and oxygen atoms in total. The van der Waals surface area contributed by atoms with E-state index in [0.29, 0.717) is 34.9 Å². The summed E-state index contributed by atoms with van der Waals surface area (Å²) < 4.78 is 33.5. The first-order valence-electron chi connectivity index (χ1n) is 12.8. The summed E-state index contributed by atoms with van der Waals surface area (Å²) in [6, 6.07) is 13.9. The summed E-state index contributed by atoms with van der Waals surface area (Å²) in [7, 11) is -3.66. The van der Waals surface area contributed by atoms with E-state index < -0.39 is 22.0 Å². The number of esters is 1. The molecule has 0 aromatic heterocycles. The lowest BCUT2D eigenvalue weighted by Gasteiger charge is -2.42. The molecule has 0 aliphatic carbocycles. The van der Waals surface area contributed by atoms with E-state index in [-0.39, 0.29) is 43.2 Å². The molecule has 208 valence electrons. The minimum Gasteiger partial charge on any atom is -0.463 e. The summed E-state index contributed by atoms with van der Waals surface area (Å²) in [5.74, 6) is -0.537. The predicted octanol–water partition coefficient (Wildman–Crippen LogP) is 3.80. The van der Waals surface area contributed by atoms with Crippen LogP contribution in [-0.4, -0.2) is 79.9 Å². The number of halogens is 1. The zero-order valence-corrected chi connectivity index (χ0v) is 23.6. The number of hydrogen-bond donors (Lipinski definition) is 1. The Morgan fingerprint density at radius 1 is 1.18 bits per heavy atom. The van der Waals surface area contributed by atoms with Gasteiger partial charge >= 0.3 is 12.0 Å². The minimum atomic E-state index is -3.66. The third kappa shape index (κ3) is 6.19. The van der Waals surface area contributed by atoms with Gasteiger partial charge in [-0.05, 0) is 43.7 Å². The second-order valence-corrected chi connectivity index (χ2v) is 11.8. The maximum absolute atomic E-state index is 13.4. The summed E-state index contributed by atoms with van der Waals surface area (Å²) in [5.41, 5.74) is 1.46. The Bertz CT molecular complexity index is 1370. The van der Waals surface area contributed by atoms with Gasteiger partial charge in [0.2, 0.25) is 10.0 Å². The van der Waals surface area contributed by atoms with Crippen LogP contribution in [0.1, 0.15) is 25.5 Å². The van der Waals surface area contributed by atoms with E-state index in [4.69, 9.17) is 16.3 Å². The van der Waals surface area contributed by atoms with Crippen LogP contribution < -0.4 is 5.32 Å². The molecular formula is C28H33ClN4O5S. The predicted molar refractivity (Wildman–Crippen MR) is 150 cm³/mol. The van der Waals surface area contributed by atoms with Crippen molar-refractivity contribution in [3.63, 3.8) is 0 Å². The Morgan fingerprint density at radius 2 is 1.92 bits per heavy atom. The van der Waals surface area contributed by atoms with Gasteiger partial charge in [-0.15, -0.1) is 6.58 Å². The minimum absolute atomic E-state index is 0.167. The van der Waals surface area contributed by atoms with Crippen molar-refractivity contribution in [2.75, 3.05) is 39.3 Å². The normalized spacial score (nSPS) is 21.0. The average Bonchev–Trinajstić information content (AvgIpc) is 2.91. The molecule has 2 amide bonds. The molecule has 1 N–H and O–H groups in total. The first kappa shape index (κ1) is 28.8. The number of nitrogens with zero attached hydrogens (tertiary/aromatic N) is 3. The number of hydrogen-bond acceptors (Lipinski definition) is 6. The van der Waals surface area contributed by atoms with Crippen LogP contribution in [0, 0.1) is 0 Å². The number of ether oxygens (including phenoxy) is 1. The van der Waals surface area contributed by atoms with Crippen LogP contribution >= 0.6 is 11.6 Å². The SMILES string of the molecule is C=CCN1C(=O)NC(c2cccc(Cl)c2)C(C(=O)OCC)=C1CN1CCN(S(=O)(=O)c2ccccc2)C(C)C1. The summed E-state index contributed by atoms with van der Waals surface area (Å²) in [6.07, 6.45) is 1.59. The fraction of sp³-hybridized carbons (Fsp3) is 0.357. The maximum atomic E-state index is 13.4. The van der Waals surface area contributed by atoms with Crippen LogP contribution in [-0.2, 0) is 19.6 Å². The van der Waals surface area contributed by atoms with E-state index in [2.05, 4.69) is 16.8 Å². The first-order valence-corrected chi connectivity index (χ1v) is 14.6. The van der Waals surface area contributed by atoms with Crippen molar-refractivity contribution < 1.29 is 22.7 Å². The van der Waals surface area contributed by atoms with E-state index in [1.54, 1.807) is 67.6 Å². The number of rotatable bonds is 9. The van der Waals surface area contributed by atoms with Gasteiger partial charge in [0.25, 0.3) is 0 Å². The van der Waals surface area contributed by atoms with E-state index in [1.807, 2.05) is 6.92 Å². The summed E-state index contributed by atoms with van der Waals surface area (Å²) in [5, 5.41) is 3.40. The van der Waals surface area contributed by atoms with Crippen LogP contribution in [0.25, 0.3) is 0 Å². The number of benzene rings is 2. The van der Waals surface area contributed by atoms with Crippen molar-refractivity contribution in [1.29, 1.82) is 0 Å². The van der Waals surface area contributed by atoms with Gasteiger partial charge in [0, 0.05) is 49.5 Å². The largest absolute Gasteiger partial charge is 0.463 e. The lowest BCUT2D eigenvalue weighted by molar-refractivity contribution is -0.139. The lowest BCUT2D eigenvalue weighted by Crippen LogP contribution is -2.56. The van der Waals surface area contributed by atoms with Gasteiger partial charge in [0.1, 0.15) is 0 Å². The molecule has 2 atom stereocenters. The van der Waals surface area contributed by atoms with Gasteiger partial charge in [0.05, 0.1) is 23.1 Å². The van der Waals surface area contributed by atoms with Crippen LogP contribution in [0.2, 0.25) is 5.02 Å². The van der Waals surface area contributed by atoms with Gasteiger partial charge in [-0.3, -0.25) is 9.80 Å². The van der Waals surface area contributed by atoms with Crippen molar-refractivity contribution in [3.05, 3.63) is 89.1 Å². The van der Waals surface area contributed by atoms with Crippen molar-refractivity contribution in [2.45, 2.75) is 30.8 Å². The Labute approximate surface area is 234 Å². The highest BCUT2D eigenvalue weighted by Gasteiger charge is 2.40. The Morgan fingerprint density at radius 3 is 2.56 bits per heavy atom. The van der Waals surface area contributed by atoms with Crippen LogP contribution in [0.15, 0.2) is 83.4 Å². The lowest BCUT2D eigenvalue weighted by atomic mass is 9.94. The van der Waals surface area contributed by atoms with Gasteiger partial charge in [-0.2, -0.15) is 4.31 Å². The molecule has 2 unspecified atom stereocenters. The third-order valence-corrected chi connectivity index (χ3v) is 9.06.